The number of carbonyl (C=O) groups excluding carboxylic acids is 1. The lowest BCUT2D eigenvalue weighted by Gasteiger charge is -2.15. The summed E-state index contributed by atoms with van der Waals surface area (Å²) in [7, 11) is 0. The highest BCUT2D eigenvalue weighted by atomic mass is 32.1. The minimum absolute atomic E-state index is 0.127. The van der Waals surface area contributed by atoms with Crippen LogP contribution >= 0.6 is 23.6 Å². The second-order valence-corrected chi connectivity index (χ2v) is 6.98. The molecule has 4 nitrogen and oxygen atoms in total. The van der Waals surface area contributed by atoms with Crippen molar-refractivity contribution in [3.8, 4) is 0 Å². The number of nitrogens with one attached hydrogen (secondary N) is 3. The first-order valence-electron chi connectivity index (χ1n) is 7.67. The average molecular weight is 345 g/mol. The van der Waals surface area contributed by atoms with Crippen molar-refractivity contribution in [2.24, 2.45) is 0 Å². The van der Waals surface area contributed by atoms with E-state index in [-0.39, 0.29) is 5.91 Å². The van der Waals surface area contributed by atoms with Crippen molar-refractivity contribution >= 4 is 40.3 Å². The number of rotatable bonds is 2. The Balaban J connectivity index is 1.58. The molecular formula is C17H19N3OS2. The zero-order valence-electron chi connectivity index (χ0n) is 12.9. The molecule has 0 saturated heterocycles. The van der Waals surface area contributed by atoms with Gasteiger partial charge in [0.05, 0.1) is 5.56 Å². The van der Waals surface area contributed by atoms with Crippen LogP contribution in [-0.2, 0) is 12.8 Å². The number of anilines is 1. The Morgan fingerprint density at radius 1 is 1.17 bits per heavy atom. The van der Waals surface area contributed by atoms with E-state index in [2.05, 4.69) is 16.2 Å². The standard InChI is InChI=1S/C17H19N3OS2/c1-11-6-2-4-8-14(11)18-17(22)20-19-16(21)13-10-23-15-9-5-3-7-12(13)15/h2,4,6,8,10H,3,5,7,9H2,1H3,(H,19,21)(H2,18,20,22). The Bertz CT molecular complexity index is 739. The van der Waals surface area contributed by atoms with Gasteiger partial charge >= 0.3 is 0 Å². The van der Waals surface area contributed by atoms with Crippen LogP contribution in [-0.4, -0.2) is 11.0 Å². The highest BCUT2D eigenvalue weighted by Crippen LogP contribution is 2.29. The summed E-state index contributed by atoms with van der Waals surface area (Å²) in [5.41, 5.74) is 9.46. The van der Waals surface area contributed by atoms with E-state index < -0.39 is 0 Å². The molecule has 0 unspecified atom stereocenters. The van der Waals surface area contributed by atoms with Gasteiger partial charge in [-0.05, 0) is 62.0 Å². The van der Waals surface area contributed by atoms with Crippen molar-refractivity contribution in [2.75, 3.05) is 5.32 Å². The SMILES string of the molecule is Cc1ccccc1NC(=S)NNC(=O)c1csc2c1CCCC2. The molecule has 1 heterocycles. The zero-order valence-corrected chi connectivity index (χ0v) is 14.6. The molecule has 1 aromatic carbocycles. The lowest BCUT2D eigenvalue weighted by Crippen LogP contribution is -2.44. The van der Waals surface area contributed by atoms with E-state index in [1.165, 1.54) is 16.9 Å². The van der Waals surface area contributed by atoms with Crippen molar-refractivity contribution in [3.05, 3.63) is 51.2 Å². The van der Waals surface area contributed by atoms with Crippen LogP contribution in [0.4, 0.5) is 5.69 Å². The normalized spacial score (nSPS) is 13.1. The van der Waals surface area contributed by atoms with Gasteiger partial charge in [0.1, 0.15) is 0 Å². The number of amides is 1. The summed E-state index contributed by atoms with van der Waals surface area (Å²) in [5, 5.41) is 5.40. The summed E-state index contributed by atoms with van der Waals surface area (Å²) in [6.45, 7) is 2.00. The Morgan fingerprint density at radius 2 is 1.96 bits per heavy atom. The lowest BCUT2D eigenvalue weighted by atomic mass is 9.96. The van der Waals surface area contributed by atoms with E-state index in [9.17, 15) is 4.79 Å². The van der Waals surface area contributed by atoms with Gasteiger partial charge in [-0.25, -0.2) is 0 Å². The Hall–Kier alpha value is -1.92. The summed E-state index contributed by atoms with van der Waals surface area (Å²) >= 11 is 6.91. The van der Waals surface area contributed by atoms with Gasteiger partial charge in [-0.2, -0.15) is 0 Å². The number of hydrazine groups is 1. The van der Waals surface area contributed by atoms with Gasteiger partial charge in [0.15, 0.2) is 5.11 Å². The maximum Gasteiger partial charge on any atom is 0.270 e. The summed E-state index contributed by atoms with van der Waals surface area (Å²) in [6, 6.07) is 7.86. The second kappa shape index (κ2) is 7.10. The highest BCUT2D eigenvalue weighted by Gasteiger charge is 2.20. The Morgan fingerprint density at radius 3 is 2.78 bits per heavy atom. The minimum Gasteiger partial charge on any atom is -0.331 e. The minimum atomic E-state index is -0.127. The van der Waals surface area contributed by atoms with E-state index >= 15 is 0 Å². The molecule has 120 valence electrons. The molecule has 0 spiro atoms. The molecule has 23 heavy (non-hydrogen) atoms. The number of carbonyl (C=O) groups is 1. The number of aryl methyl sites for hydroxylation is 2. The third kappa shape index (κ3) is 3.71. The lowest BCUT2D eigenvalue weighted by molar-refractivity contribution is 0.0943. The fourth-order valence-corrected chi connectivity index (χ4v) is 4.02. The molecule has 1 aliphatic carbocycles. The van der Waals surface area contributed by atoms with Crippen LogP contribution < -0.4 is 16.2 Å². The monoisotopic (exact) mass is 345 g/mol. The van der Waals surface area contributed by atoms with Gasteiger partial charge in [0.25, 0.3) is 5.91 Å². The van der Waals surface area contributed by atoms with Gasteiger partial charge in [-0.1, -0.05) is 18.2 Å². The topological polar surface area (TPSA) is 53.2 Å². The molecule has 2 aromatic rings. The molecule has 0 saturated carbocycles. The first-order chi connectivity index (χ1) is 11.1. The number of thiophene rings is 1. The predicted octanol–water partition coefficient (Wildman–Crippen LogP) is 3.57. The van der Waals surface area contributed by atoms with Crippen LogP contribution in [0.15, 0.2) is 29.6 Å². The maximum absolute atomic E-state index is 12.3. The Labute approximate surface area is 145 Å². The van der Waals surface area contributed by atoms with Crippen LogP contribution in [0.2, 0.25) is 0 Å². The largest absolute Gasteiger partial charge is 0.331 e. The number of para-hydroxylation sites is 1. The van der Waals surface area contributed by atoms with Crippen molar-refractivity contribution < 1.29 is 4.79 Å². The van der Waals surface area contributed by atoms with Crippen molar-refractivity contribution in [3.63, 3.8) is 0 Å². The molecule has 6 heteroatoms. The van der Waals surface area contributed by atoms with E-state index in [1.807, 2.05) is 36.6 Å². The first-order valence-corrected chi connectivity index (χ1v) is 8.96. The maximum atomic E-state index is 12.3. The zero-order chi connectivity index (χ0) is 16.2. The number of benzene rings is 1. The average Bonchev–Trinajstić information content (AvgIpc) is 2.99. The highest BCUT2D eigenvalue weighted by molar-refractivity contribution is 7.80. The van der Waals surface area contributed by atoms with Gasteiger partial charge in [0, 0.05) is 15.9 Å². The van der Waals surface area contributed by atoms with Gasteiger partial charge in [0.2, 0.25) is 0 Å². The predicted molar refractivity (Wildman–Crippen MR) is 99.0 cm³/mol. The van der Waals surface area contributed by atoms with Gasteiger partial charge < -0.3 is 5.32 Å². The summed E-state index contributed by atoms with van der Waals surface area (Å²) in [6.07, 6.45) is 4.46. The van der Waals surface area contributed by atoms with Gasteiger partial charge in [-0.15, -0.1) is 11.3 Å². The van der Waals surface area contributed by atoms with Crippen LogP contribution in [0.1, 0.15) is 39.2 Å². The third-order valence-electron chi connectivity index (χ3n) is 3.99. The number of hydrogen-bond acceptors (Lipinski definition) is 3. The summed E-state index contributed by atoms with van der Waals surface area (Å²) in [5.74, 6) is -0.127. The molecule has 0 bridgehead atoms. The van der Waals surface area contributed by atoms with Crippen molar-refractivity contribution in [2.45, 2.75) is 32.6 Å². The number of thiocarbonyl (C=S) groups is 1. The molecule has 3 rings (SSSR count). The van der Waals surface area contributed by atoms with E-state index in [4.69, 9.17) is 12.2 Å². The molecule has 0 radical (unpaired) electrons. The third-order valence-corrected chi connectivity index (χ3v) is 5.28. The van der Waals surface area contributed by atoms with Crippen LogP contribution in [0, 0.1) is 6.92 Å². The van der Waals surface area contributed by atoms with Crippen molar-refractivity contribution in [1.82, 2.24) is 10.9 Å². The second-order valence-electron chi connectivity index (χ2n) is 5.61. The fraction of sp³-hybridized carbons (Fsp3) is 0.294. The Kier molecular flexibility index (Phi) is 4.93. The molecule has 1 aromatic heterocycles. The molecular weight excluding hydrogens is 326 g/mol. The van der Waals surface area contributed by atoms with Crippen molar-refractivity contribution in [1.29, 1.82) is 0 Å². The first kappa shape index (κ1) is 16.0. The van der Waals surface area contributed by atoms with E-state index in [0.29, 0.717) is 5.11 Å². The molecule has 3 N–H and O–H groups in total. The number of hydrogen-bond donors (Lipinski definition) is 3. The smallest absolute Gasteiger partial charge is 0.270 e. The van der Waals surface area contributed by atoms with Crippen LogP contribution in [0.25, 0.3) is 0 Å². The van der Waals surface area contributed by atoms with E-state index in [1.54, 1.807) is 11.3 Å². The fourth-order valence-electron chi connectivity index (χ4n) is 2.73. The molecule has 0 fully saturated rings. The van der Waals surface area contributed by atoms with Crippen LogP contribution in [0.3, 0.4) is 0 Å². The molecule has 1 amide bonds. The summed E-state index contributed by atoms with van der Waals surface area (Å²) < 4.78 is 0. The van der Waals surface area contributed by atoms with Crippen LogP contribution in [0.5, 0.6) is 0 Å². The van der Waals surface area contributed by atoms with E-state index in [0.717, 1.165) is 36.1 Å². The molecule has 0 aliphatic heterocycles. The van der Waals surface area contributed by atoms with Gasteiger partial charge in [-0.3, -0.25) is 15.6 Å². The molecule has 0 atom stereocenters. The quantitative estimate of drug-likeness (QED) is 0.575. The number of fused-ring (bicyclic) bond motifs is 1. The molecule has 1 aliphatic rings. The summed E-state index contributed by atoms with van der Waals surface area (Å²) in [4.78, 5) is 13.7.